The van der Waals surface area contributed by atoms with Crippen LogP contribution < -0.4 is 10.6 Å². The van der Waals surface area contributed by atoms with Crippen LogP contribution in [0.5, 0.6) is 0 Å². The van der Waals surface area contributed by atoms with Gasteiger partial charge in [-0.15, -0.1) is 11.8 Å². The zero-order valence-electron chi connectivity index (χ0n) is 13.8. The van der Waals surface area contributed by atoms with Crippen LogP contribution in [-0.4, -0.2) is 51.4 Å². The first kappa shape index (κ1) is 18.0. The molecule has 3 N–H and O–H groups in total. The Kier molecular flexibility index (Phi) is 4.99. The van der Waals surface area contributed by atoms with Crippen molar-refractivity contribution >= 4 is 36.0 Å². The van der Waals surface area contributed by atoms with E-state index in [1.807, 2.05) is 0 Å². The van der Waals surface area contributed by atoms with Crippen LogP contribution in [0.25, 0.3) is 0 Å². The molecule has 0 spiro atoms. The van der Waals surface area contributed by atoms with Crippen molar-refractivity contribution in [1.82, 2.24) is 15.5 Å². The Morgan fingerprint density at radius 2 is 2.04 bits per heavy atom. The number of aliphatic carboxylic acids is 1. The van der Waals surface area contributed by atoms with Gasteiger partial charge in [0.1, 0.15) is 23.2 Å². The van der Waals surface area contributed by atoms with Crippen molar-refractivity contribution in [2.75, 3.05) is 5.75 Å². The summed E-state index contributed by atoms with van der Waals surface area (Å²) in [5, 5.41) is 13.9. The maximum Gasteiger partial charge on any atom is 0.352 e. The number of thioether (sulfide) groups is 1. The topological polar surface area (TPSA) is 116 Å². The lowest BCUT2D eigenvalue weighted by atomic mass is 10.0. The lowest BCUT2D eigenvalue weighted by Crippen LogP contribution is -2.71. The van der Waals surface area contributed by atoms with E-state index in [4.69, 9.17) is 0 Å². The molecule has 1 fully saturated rings. The van der Waals surface area contributed by atoms with Crippen LogP contribution in [0.15, 0.2) is 41.6 Å². The third kappa shape index (κ3) is 3.05. The van der Waals surface area contributed by atoms with E-state index in [2.05, 4.69) is 10.6 Å². The summed E-state index contributed by atoms with van der Waals surface area (Å²) in [5.74, 6) is -1.68. The van der Waals surface area contributed by atoms with E-state index in [1.165, 1.54) is 16.7 Å². The first-order chi connectivity index (χ1) is 12.5. The Balaban J connectivity index is 1.76. The summed E-state index contributed by atoms with van der Waals surface area (Å²) >= 11 is 1.40. The van der Waals surface area contributed by atoms with Crippen molar-refractivity contribution in [1.29, 1.82) is 0 Å². The van der Waals surface area contributed by atoms with Crippen molar-refractivity contribution in [2.24, 2.45) is 0 Å². The highest BCUT2D eigenvalue weighted by Crippen LogP contribution is 2.40. The zero-order chi connectivity index (χ0) is 18.8. The number of rotatable bonds is 6. The third-order valence-corrected chi connectivity index (χ3v) is 5.71. The number of carbonyl (C=O) groups excluding carboxylic acids is 3. The molecule has 0 aliphatic carbocycles. The van der Waals surface area contributed by atoms with Gasteiger partial charge in [-0.2, -0.15) is 0 Å². The Morgan fingerprint density at radius 1 is 1.35 bits per heavy atom. The first-order valence-corrected chi connectivity index (χ1v) is 8.93. The number of hydrogen-bond acceptors (Lipinski definition) is 5. The fourth-order valence-corrected chi connectivity index (χ4v) is 4.34. The Hall–Kier alpha value is -2.81. The summed E-state index contributed by atoms with van der Waals surface area (Å²) in [6, 6.07) is 6.89. The molecule has 2 aliphatic heterocycles. The second-order valence-corrected chi connectivity index (χ2v) is 7.06. The predicted molar refractivity (Wildman–Crippen MR) is 93.7 cm³/mol. The molecule has 9 heteroatoms. The number of β-lactam (4-membered cyclic amide) rings is 1. The Labute approximate surface area is 153 Å². The van der Waals surface area contributed by atoms with Crippen LogP contribution in [0.4, 0.5) is 0 Å². The predicted octanol–water partition coefficient (Wildman–Crippen LogP) is 0.232. The summed E-state index contributed by atoms with van der Waals surface area (Å²) in [4.78, 5) is 48.5. The highest BCUT2D eigenvalue weighted by atomic mass is 32.2. The van der Waals surface area contributed by atoms with Crippen LogP contribution >= 0.6 is 11.8 Å². The van der Waals surface area contributed by atoms with Crippen molar-refractivity contribution < 1.29 is 24.3 Å². The molecule has 0 saturated carbocycles. The van der Waals surface area contributed by atoms with Gasteiger partial charge in [-0.25, -0.2) is 4.79 Å². The van der Waals surface area contributed by atoms with E-state index in [9.17, 15) is 24.3 Å². The standard InChI is InChI=1S/C17H17N3O5S/c1-9-7-26-16-12(15(23)20(16)13(9)17(24)25)19-14(22)11(18-8-21)10-5-3-2-4-6-10/h2-6,8,11-12,16H,7H2,1H3,(H,18,21)(H,19,22)(H,24,25)/t11?,12-,16-/m1/s1. The highest BCUT2D eigenvalue weighted by Gasteiger charge is 2.54. The highest BCUT2D eigenvalue weighted by molar-refractivity contribution is 8.00. The van der Waals surface area contributed by atoms with Gasteiger partial charge < -0.3 is 15.7 Å². The Bertz CT molecular complexity index is 795. The largest absolute Gasteiger partial charge is 0.477 e. The molecule has 0 aromatic heterocycles. The van der Waals surface area contributed by atoms with E-state index in [0.29, 0.717) is 23.3 Å². The summed E-state index contributed by atoms with van der Waals surface area (Å²) in [6.45, 7) is 1.67. The number of nitrogens with zero attached hydrogens (tertiary/aromatic N) is 1. The molecule has 1 unspecified atom stereocenters. The Morgan fingerprint density at radius 3 is 2.65 bits per heavy atom. The van der Waals surface area contributed by atoms with Crippen LogP contribution in [-0.2, 0) is 19.2 Å². The number of amides is 3. The van der Waals surface area contributed by atoms with E-state index >= 15 is 0 Å². The zero-order valence-corrected chi connectivity index (χ0v) is 14.7. The average Bonchev–Trinajstić information content (AvgIpc) is 2.64. The second kappa shape index (κ2) is 7.20. The number of carboxylic acids is 1. The monoisotopic (exact) mass is 375 g/mol. The third-order valence-electron chi connectivity index (χ3n) is 4.29. The van der Waals surface area contributed by atoms with Crippen molar-refractivity contribution in [3.8, 4) is 0 Å². The fraction of sp³-hybridized carbons (Fsp3) is 0.294. The summed E-state index contributed by atoms with van der Waals surface area (Å²) < 4.78 is 0. The molecule has 2 aliphatic rings. The average molecular weight is 375 g/mol. The molecule has 8 nitrogen and oxygen atoms in total. The number of hydrogen-bond donors (Lipinski definition) is 3. The summed E-state index contributed by atoms with van der Waals surface area (Å²) in [5.41, 5.74) is 1.18. The maximum atomic E-state index is 12.6. The van der Waals surface area contributed by atoms with E-state index in [1.54, 1.807) is 37.3 Å². The lowest BCUT2D eigenvalue weighted by molar-refractivity contribution is -0.151. The van der Waals surface area contributed by atoms with Crippen molar-refractivity contribution in [3.63, 3.8) is 0 Å². The van der Waals surface area contributed by atoms with Gasteiger partial charge in [0.2, 0.25) is 12.3 Å². The van der Waals surface area contributed by atoms with Crippen LogP contribution in [0.1, 0.15) is 18.5 Å². The van der Waals surface area contributed by atoms with Gasteiger partial charge in [0, 0.05) is 5.75 Å². The number of benzene rings is 1. The van der Waals surface area contributed by atoms with Gasteiger partial charge in [-0.3, -0.25) is 19.3 Å². The molecule has 136 valence electrons. The molecular weight excluding hydrogens is 358 g/mol. The summed E-state index contributed by atoms with van der Waals surface area (Å²) in [7, 11) is 0. The molecule has 0 bridgehead atoms. The normalized spacial score (nSPS) is 22.8. The molecule has 2 heterocycles. The number of nitrogens with one attached hydrogen (secondary N) is 2. The molecule has 3 atom stereocenters. The molecule has 3 amide bonds. The SMILES string of the molecule is CC1=C(C(=O)O)N2C(=O)[C@@H](NC(=O)C(NC=O)c3ccccc3)[C@H]2SC1. The van der Waals surface area contributed by atoms with Gasteiger partial charge in [-0.1, -0.05) is 30.3 Å². The molecule has 1 aromatic rings. The van der Waals surface area contributed by atoms with Crippen LogP contribution in [0, 0.1) is 0 Å². The van der Waals surface area contributed by atoms with Gasteiger partial charge in [0.15, 0.2) is 0 Å². The number of carboxylic acid groups (broad SMARTS) is 1. The fourth-order valence-electron chi connectivity index (χ4n) is 3.05. The number of fused-ring (bicyclic) bond motifs is 1. The minimum atomic E-state index is -1.16. The summed E-state index contributed by atoms with van der Waals surface area (Å²) in [6.07, 6.45) is 0.427. The van der Waals surface area contributed by atoms with Crippen LogP contribution in [0.3, 0.4) is 0 Å². The quantitative estimate of drug-likeness (QED) is 0.484. The van der Waals surface area contributed by atoms with Crippen molar-refractivity contribution in [2.45, 2.75) is 24.4 Å². The van der Waals surface area contributed by atoms with Gasteiger partial charge in [0.05, 0.1) is 0 Å². The molecular formula is C17H17N3O5S. The van der Waals surface area contributed by atoms with Gasteiger partial charge >= 0.3 is 5.97 Å². The molecule has 3 rings (SSSR count). The smallest absolute Gasteiger partial charge is 0.352 e. The molecule has 0 radical (unpaired) electrons. The maximum absolute atomic E-state index is 12.6. The lowest BCUT2D eigenvalue weighted by Gasteiger charge is -2.49. The van der Waals surface area contributed by atoms with E-state index < -0.39 is 35.2 Å². The van der Waals surface area contributed by atoms with E-state index in [0.717, 1.165) is 0 Å². The minimum absolute atomic E-state index is 0.0186. The molecule has 1 saturated heterocycles. The van der Waals surface area contributed by atoms with Gasteiger partial charge in [-0.05, 0) is 18.1 Å². The van der Waals surface area contributed by atoms with E-state index in [-0.39, 0.29) is 5.70 Å². The van der Waals surface area contributed by atoms with Crippen molar-refractivity contribution in [3.05, 3.63) is 47.2 Å². The number of carbonyl (C=O) groups is 4. The second-order valence-electron chi connectivity index (χ2n) is 5.96. The minimum Gasteiger partial charge on any atom is -0.477 e. The van der Waals surface area contributed by atoms with Gasteiger partial charge in [0.25, 0.3) is 5.91 Å². The molecule has 26 heavy (non-hydrogen) atoms. The van der Waals surface area contributed by atoms with Crippen LogP contribution in [0.2, 0.25) is 0 Å². The molecule has 1 aromatic carbocycles. The first-order valence-electron chi connectivity index (χ1n) is 7.88.